The molecule has 1 fully saturated rings. The summed E-state index contributed by atoms with van der Waals surface area (Å²) >= 11 is 0. The van der Waals surface area contributed by atoms with Crippen LogP contribution in [0.3, 0.4) is 0 Å². The van der Waals surface area contributed by atoms with E-state index in [9.17, 15) is 0 Å². The number of hydrogen-bond donors (Lipinski definition) is 3. The maximum atomic E-state index is 4.53. The fourth-order valence-electron chi connectivity index (χ4n) is 3.51. The number of fused-ring (bicyclic) bond motifs is 1. The molecule has 0 spiro atoms. The van der Waals surface area contributed by atoms with Crippen LogP contribution in [-0.4, -0.2) is 35.1 Å². The molecule has 0 aromatic carbocycles. The van der Waals surface area contributed by atoms with Gasteiger partial charge in [0.05, 0.1) is 5.39 Å². The summed E-state index contributed by atoms with van der Waals surface area (Å²) in [6, 6.07) is 0.570. The molecular formula is C19H33N5. The van der Waals surface area contributed by atoms with Crippen molar-refractivity contribution >= 4 is 16.9 Å². The largest absolute Gasteiger partial charge is 0.367 e. The summed E-state index contributed by atoms with van der Waals surface area (Å²) < 4.78 is 0. The highest BCUT2D eigenvalue weighted by Crippen LogP contribution is 2.32. The van der Waals surface area contributed by atoms with Crippen LogP contribution in [0.15, 0.2) is 12.5 Å². The predicted molar refractivity (Wildman–Crippen MR) is 103 cm³/mol. The predicted octanol–water partition coefficient (Wildman–Crippen LogP) is 4.44. The van der Waals surface area contributed by atoms with Gasteiger partial charge in [0.2, 0.25) is 0 Å². The molecule has 2 heterocycles. The first-order valence-corrected chi connectivity index (χ1v) is 9.38. The van der Waals surface area contributed by atoms with Gasteiger partial charge in [-0.15, -0.1) is 0 Å². The molecule has 3 rings (SSSR count). The van der Waals surface area contributed by atoms with Gasteiger partial charge < -0.3 is 15.6 Å². The molecule has 0 aliphatic heterocycles. The number of hydrogen-bond acceptors (Lipinski definition) is 4. The van der Waals surface area contributed by atoms with Crippen LogP contribution in [0.2, 0.25) is 0 Å². The number of nitrogens with zero attached hydrogens (tertiary/aromatic N) is 2. The Morgan fingerprint density at radius 3 is 2.58 bits per heavy atom. The van der Waals surface area contributed by atoms with Gasteiger partial charge in [-0.25, -0.2) is 9.97 Å². The van der Waals surface area contributed by atoms with E-state index in [4.69, 9.17) is 0 Å². The molecule has 5 heteroatoms. The minimum Gasteiger partial charge on any atom is -0.367 e. The minimum atomic E-state index is 0.543. The molecule has 3 N–H and O–H groups in total. The van der Waals surface area contributed by atoms with Crippen molar-refractivity contribution in [2.45, 2.75) is 70.8 Å². The summed E-state index contributed by atoms with van der Waals surface area (Å²) in [4.78, 5) is 12.2. The van der Waals surface area contributed by atoms with Crippen molar-refractivity contribution in [1.82, 2.24) is 20.3 Å². The Labute approximate surface area is 146 Å². The lowest BCUT2D eigenvalue weighted by molar-refractivity contribution is 0.462. The zero-order valence-corrected chi connectivity index (χ0v) is 15.7. The lowest BCUT2D eigenvalue weighted by Crippen LogP contribution is -2.23. The van der Waals surface area contributed by atoms with E-state index >= 15 is 0 Å². The van der Waals surface area contributed by atoms with Crippen LogP contribution in [-0.2, 0) is 0 Å². The fourth-order valence-corrected chi connectivity index (χ4v) is 3.51. The van der Waals surface area contributed by atoms with Crippen LogP contribution in [0.25, 0.3) is 11.0 Å². The first kappa shape index (κ1) is 18.7. The van der Waals surface area contributed by atoms with Crippen molar-refractivity contribution in [3.8, 4) is 0 Å². The molecule has 2 aromatic heterocycles. The third-order valence-corrected chi connectivity index (χ3v) is 4.70. The lowest BCUT2D eigenvalue weighted by atomic mass is 9.94. The minimum absolute atomic E-state index is 0.543. The van der Waals surface area contributed by atoms with Crippen LogP contribution in [0, 0.1) is 0 Å². The van der Waals surface area contributed by atoms with Gasteiger partial charge in [-0.3, -0.25) is 0 Å². The van der Waals surface area contributed by atoms with Crippen molar-refractivity contribution in [1.29, 1.82) is 0 Å². The van der Waals surface area contributed by atoms with E-state index in [1.165, 1.54) is 55.9 Å². The maximum absolute atomic E-state index is 4.53. The molecule has 2 aromatic rings. The Morgan fingerprint density at radius 1 is 1.21 bits per heavy atom. The number of nitrogens with one attached hydrogen (secondary N) is 3. The van der Waals surface area contributed by atoms with Gasteiger partial charge in [-0.2, -0.15) is 0 Å². The van der Waals surface area contributed by atoms with E-state index in [-0.39, 0.29) is 0 Å². The molecule has 24 heavy (non-hydrogen) atoms. The molecule has 1 saturated carbocycles. The monoisotopic (exact) mass is 331 g/mol. The van der Waals surface area contributed by atoms with E-state index < -0.39 is 0 Å². The summed E-state index contributed by atoms with van der Waals surface area (Å²) in [6.45, 7) is 4.53. The SMILES string of the molecule is CCCC(C)c1c[nH]c2ncnc(NC3CCCCC3)c12.CNC. The number of aromatic nitrogens is 3. The second-order valence-corrected chi connectivity index (χ2v) is 6.86. The van der Waals surface area contributed by atoms with E-state index in [2.05, 4.69) is 45.6 Å². The Hall–Kier alpha value is -1.62. The third-order valence-electron chi connectivity index (χ3n) is 4.70. The van der Waals surface area contributed by atoms with Crippen molar-refractivity contribution in [3.05, 3.63) is 18.1 Å². The fraction of sp³-hybridized carbons (Fsp3) is 0.684. The van der Waals surface area contributed by atoms with Crippen molar-refractivity contribution in [2.24, 2.45) is 0 Å². The van der Waals surface area contributed by atoms with Gasteiger partial charge >= 0.3 is 0 Å². The van der Waals surface area contributed by atoms with E-state index in [0.29, 0.717) is 12.0 Å². The lowest BCUT2D eigenvalue weighted by Gasteiger charge is -2.24. The number of H-pyrrole nitrogens is 1. The van der Waals surface area contributed by atoms with Gasteiger partial charge in [-0.1, -0.05) is 39.5 Å². The molecule has 0 bridgehead atoms. The Kier molecular flexibility index (Phi) is 7.50. The summed E-state index contributed by atoms with van der Waals surface area (Å²) in [5, 5.41) is 7.62. The van der Waals surface area contributed by atoms with E-state index in [1.807, 2.05) is 14.1 Å². The first-order chi connectivity index (χ1) is 11.7. The van der Waals surface area contributed by atoms with Crippen molar-refractivity contribution in [2.75, 3.05) is 19.4 Å². The molecule has 1 aliphatic carbocycles. The molecule has 1 aliphatic rings. The highest BCUT2D eigenvalue weighted by Gasteiger charge is 2.19. The standard InChI is InChI=1S/C17H26N4.C2H7N/c1-3-7-12(2)14-10-18-16-15(14)17(20-11-19-16)21-13-8-5-4-6-9-13;1-3-2/h10-13H,3-9H2,1-2H3,(H2,18,19,20,21);3H,1-2H3. The van der Waals surface area contributed by atoms with Gasteiger partial charge in [0.15, 0.2) is 0 Å². The van der Waals surface area contributed by atoms with Crippen LogP contribution in [0.1, 0.15) is 70.3 Å². The number of aromatic amines is 1. The second kappa shape index (κ2) is 9.62. The average Bonchev–Trinajstić information content (AvgIpc) is 3.02. The summed E-state index contributed by atoms with van der Waals surface area (Å²) in [5.74, 6) is 1.56. The zero-order chi connectivity index (χ0) is 17.4. The molecule has 1 atom stereocenters. The molecule has 0 saturated heterocycles. The van der Waals surface area contributed by atoms with Crippen molar-refractivity contribution < 1.29 is 0 Å². The topological polar surface area (TPSA) is 65.6 Å². The maximum Gasteiger partial charge on any atom is 0.143 e. The van der Waals surface area contributed by atoms with Gasteiger partial charge in [0.1, 0.15) is 17.8 Å². The Balaban J connectivity index is 0.000000647. The molecular weight excluding hydrogens is 298 g/mol. The normalized spacial score (nSPS) is 16.5. The Morgan fingerprint density at radius 2 is 1.92 bits per heavy atom. The molecule has 0 amide bonds. The van der Waals surface area contributed by atoms with Gasteiger partial charge in [-0.05, 0) is 44.8 Å². The Bertz CT molecular complexity index is 601. The third kappa shape index (κ3) is 4.69. The summed E-state index contributed by atoms with van der Waals surface area (Å²) in [5.41, 5.74) is 2.31. The van der Waals surface area contributed by atoms with Crippen LogP contribution in [0.5, 0.6) is 0 Å². The smallest absolute Gasteiger partial charge is 0.143 e. The zero-order valence-electron chi connectivity index (χ0n) is 15.7. The average molecular weight is 332 g/mol. The summed E-state index contributed by atoms with van der Waals surface area (Å²) in [7, 11) is 3.75. The van der Waals surface area contributed by atoms with E-state index in [1.54, 1.807) is 6.33 Å². The van der Waals surface area contributed by atoms with Gasteiger partial charge in [0.25, 0.3) is 0 Å². The van der Waals surface area contributed by atoms with Gasteiger partial charge in [0, 0.05) is 12.2 Å². The van der Waals surface area contributed by atoms with Crippen molar-refractivity contribution in [3.63, 3.8) is 0 Å². The van der Waals surface area contributed by atoms with Crippen LogP contribution in [0.4, 0.5) is 5.82 Å². The second-order valence-electron chi connectivity index (χ2n) is 6.86. The first-order valence-electron chi connectivity index (χ1n) is 9.38. The number of rotatable bonds is 5. The molecule has 134 valence electrons. The number of anilines is 1. The highest BCUT2D eigenvalue weighted by atomic mass is 15.1. The molecule has 0 radical (unpaired) electrons. The quantitative estimate of drug-likeness (QED) is 0.758. The molecule has 1 unspecified atom stereocenters. The molecule has 5 nitrogen and oxygen atoms in total. The van der Waals surface area contributed by atoms with Crippen LogP contribution < -0.4 is 10.6 Å². The summed E-state index contributed by atoms with van der Waals surface area (Å²) in [6.07, 6.45) is 12.7. The van der Waals surface area contributed by atoms with Crippen LogP contribution >= 0.6 is 0 Å². The van der Waals surface area contributed by atoms with E-state index in [0.717, 1.165) is 11.5 Å². The highest BCUT2D eigenvalue weighted by molar-refractivity contribution is 5.90.